The zero-order chi connectivity index (χ0) is 26.4. The lowest BCUT2D eigenvalue weighted by molar-refractivity contribution is -0.137. The van der Waals surface area contributed by atoms with Crippen molar-refractivity contribution in [1.82, 2.24) is 4.98 Å². The van der Waals surface area contributed by atoms with Crippen molar-refractivity contribution in [3.63, 3.8) is 0 Å². The molecule has 1 fully saturated rings. The van der Waals surface area contributed by atoms with E-state index < -0.39 is 23.6 Å². The van der Waals surface area contributed by atoms with Gasteiger partial charge in [-0.1, -0.05) is 12.1 Å². The van der Waals surface area contributed by atoms with Crippen LogP contribution in [0.2, 0.25) is 0 Å². The van der Waals surface area contributed by atoms with E-state index in [1.807, 2.05) is 0 Å². The third-order valence-corrected chi connectivity index (χ3v) is 5.78. The Kier molecular flexibility index (Phi) is 7.88. The first kappa shape index (κ1) is 25.9. The van der Waals surface area contributed by atoms with E-state index in [1.165, 1.54) is 24.3 Å². The van der Waals surface area contributed by atoms with Crippen LogP contribution in [0.25, 0.3) is 6.08 Å². The SMILES string of the molecule is Cc1ccc(C(=O)Nc2ccc(N3CCOCC3)c(C(F)(F)F)c2)cc1NC(=O)/C=C/c1cccnc1. The monoisotopic (exact) mass is 510 g/mol. The van der Waals surface area contributed by atoms with Gasteiger partial charge in [-0.2, -0.15) is 13.2 Å². The Balaban J connectivity index is 1.49. The molecular weight excluding hydrogens is 485 g/mol. The van der Waals surface area contributed by atoms with Gasteiger partial charge in [0, 0.05) is 54.2 Å². The number of amides is 2. The molecule has 2 heterocycles. The Morgan fingerprint density at radius 3 is 2.54 bits per heavy atom. The molecule has 3 aromatic rings. The summed E-state index contributed by atoms with van der Waals surface area (Å²) in [6, 6.07) is 12.0. The highest BCUT2D eigenvalue weighted by Crippen LogP contribution is 2.38. The lowest BCUT2D eigenvalue weighted by Gasteiger charge is -2.31. The number of nitrogens with zero attached hydrogens (tertiary/aromatic N) is 2. The first-order valence-electron chi connectivity index (χ1n) is 11.6. The molecule has 0 radical (unpaired) electrons. The number of aryl methyl sites for hydroxylation is 1. The standard InChI is InChI=1S/C27H25F3N4O3/c1-18-4-6-20(15-23(18)33-25(35)9-5-19-3-2-10-31-17-19)26(36)32-21-7-8-24(22(16-21)27(28,29)30)34-11-13-37-14-12-34/h2-10,15-17H,11-14H2,1H3,(H,32,36)(H,33,35)/b9-5+. The number of rotatable bonds is 6. The van der Waals surface area contributed by atoms with Crippen LogP contribution in [0.1, 0.15) is 27.0 Å². The number of halogens is 3. The van der Waals surface area contributed by atoms with Crippen molar-refractivity contribution >= 4 is 35.0 Å². The zero-order valence-corrected chi connectivity index (χ0v) is 20.0. The van der Waals surface area contributed by atoms with Crippen molar-refractivity contribution in [1.29, 1.82) is 0 Å². The summed E-state index contributed by atoms with van der Waals surface area (Å²) in [4.78, 5) is 30.8. The van der Waals surface area contributed by atoms with Crippen molar-refractivity contribution in [2.75, 3.05) is 41.8 Å². The van der Waals surface area contributed by atoms with E-state index >= 15 is 0 Å². The molecule has 2 N–H and O–H groups in total. The Morgan fingerprint density at radius 2 is 1.84 bits per heavy atom. The molecule has 2 aromatic carbocycles. The maximum absolute atomic E-state index is 13.8. The van der Waals surface area contributed by atoms with Crippen molar-refractivity contribution < 1.29 is 27.5 Å². The topological polar surface area (TPSA) is 83.6 Å². The van der Waals surface area contributed by atoms with Gasteiger partial charge in [0.2, 0.25) is 5.91 Å². The molecule has 1 saturated heterocycles. The number of nitrogens with one attached hydrogen (secondary N) is 2. The minimum atomic E-state index is -4.60. The lowest BCUT2D eigenvalue weighted by Crippen LogP contribution is -2.37. The van der Waals surface area contributed by atoms with Crippen LogP contribution in [0.3, 0.4) is 0 Å². The molecule has 0 atom stereocenters. The largest absolute Gasteiger partial charge is 0.418 e. The molecule has 37 heavy (non-hydrogen) atoms. The van der Waals surface area contributed by atoms with Gasteiger partial charge in [-0.25, -0.2) is 0 Å². The number of carbonyl (C=O) groups is 2. The van der Waals surface area contributed by atoms with E-state index in [9.17, 15) is 22.8 Å². The molecule has 7 nitrogen and oxygen atoms in total. The van der Waals surface area contributed by atoms with Crippen LogP contribution in [0, 0.1) is 6.92 Å². The Bertz CT molecular complexity index is 1300. The third-order valence-electron chi connectivity index (χ3n) is 5.78. The van der Waals surface area contributed by atoms with E-state index in [0.717, 1.165) is 11.6 Å². The number of aromatic nitrogens is 1. The molecule has 1 aromatic heterocycles. The fourth-order valence-corrected chi connectivity index (χ4v) is 3.84. The summed E-state index contributed by atoms with van der Waals surface area (Å²) in [6.45, 7) is 3.17. The highest BCUT2D eigenvalue weighted by atomic mass is 19.4. The Morgan fingerprint density at radius 1 is 1.05 bits per heavy atom. The second-order valence-electron chi connectivity index (χ2n) is 8.42. The maximum Gasteiger partial charge on any atom is 0.418 e. The third kappa shape index (κ3) is 6.73. The van der Waals surface area contributed by atoms with E-state index in [-0.39, 0.29) is 16.9 Å². The molecule has 0 spiro atoms. The smallest absolute Gasteiger partial charge is 0.378 e. The van der Waals surface area contributed by atoms with Gasteiger partial charge < -0.3 is 20.3 Å². The fraction of sp³-hybridized carbons (Fsp3) is 0.222. The molecule has 2 amide bonds. The van der Waals surface area contributed by atoms with Crippen LogP contribution in [0.5, 0.6) is 0 Å². The van der Waals surface area contributed by atoms with E-state index in [0.29, 0.717) is 37.6 Å². The predicted octanol–water partition coefficient (Wildman–Crippen LogP) is 5.15. The van der Waals surface area contributed by atoms with E-state index in [2.05, 4.69) is 15.6 Å². The van der Waals surface area contributed by atoms with Crippen molar-refractivity contribution in [3.05, 3.63) is 89.3 Å². The minimum Gasteiger partial charge on any atom is -0.378 e. The summed E-state index contributed by atoms with van der Waals surface area (Å²) in [5.74, 6) is -1.01. The molecule has 0 aliphatic carbocycles. The number of anilines is 3. The Hall–Kier alpha value is -4.18. The van der Waals surface area contributed by atoms with Crippen LogP contribution in [-0.2, 0) is 15.7 Å². The van der Waals surface area contributed by atoms with Gasteiger partial charge in [-0.05, 0) is 60.5 Å². The summed E-state index contributed by atoms with van der Waals surface area (Å²) in [7, 11) is 0. The number of hydrogen-bond acceptors (Lipinski definition) is 5. The lowest BCUT2D eigenvalue weighted by atomic mass is 10.1. The average Bonchev–Trinajstić information content (AvgIpc) is 2.89. The summed E-state index contributed by atoms with van der Waals surface area (Å²) in [6.07, 6.45) is 1.58. The number of alkyl halides is 3. The van der Waals surface area contributed by atoms with Gasteiger partial charge in [0.1, 0.15) is 0 Å². The second kappa shape index (κ2) is 11.3. The van der Waals surface area contributed by atoms with Gasteiger partial charge in [-0.15, -0.1) is 0 Å². The molecule has 0 unspecified atom stereocenters. The Labute approximate surface area is 212 Å². The van der Waals surface area contributed by atoms with Crippen LogP contribution in [0.4, 0.5) is 30.2 Å². The number of morpholine rings is 1. The minimum absolute atomic E-state index is 0.0138. The van der Waals surface area contributed by atoms with Crippen molar-refractivity contribution in [3.8, 4) is 0 Å². The number of ether oxygens (including phenoxy) is 1. The normalized spacial score (nSPS) is 14.0. The summed E-state index contributed by atoms with van der Waals surface area (Å²) in [5.41, 5.74) is 1.29. The second-order valence-corrected chi connectivity index (χ2v) is 8.42. The van der Waals surface area contributed by atoms with Gasteiger partial charge in [0.15, 0.2) is 0 Å². The summed E-state index contributed by atoms with van der Waals surface area (Å²) in [5, 5.41) is 5.25. The average molecular weight is 511 g/mol. The molecule has 4 rings (SSSR count). The van der Waals surface area contributed by atoms with Gasteiger partial charge in [0.05, 0.1) is 18.8 Å². The van der Waals surface area contributed by atoms with Crippen molar-refractivity contribution in [2.45, 2.75) is 13.1 Å². The quantitative estimate of drug-likeness (QED) is 0.448. The van der Waals surface area contributed by atoms with Crippen LogP contribution >= 0.6 is 0 Å². The van der Waals surface area contributed by atoms with Crippen LogP contribution < -0.4 is 15.5 Å². The first-order chi connectivity index (χ1) is 17.7. The van der Waals surface area contributed by atoms with Crippen molar-refractivity contribution in [2.24, 2.45) is 0 Å². The highest BCUT2D eigenvalue weighted by Gasteiger charge is 2.35. The molecular formula is C27H25F3N4O3. The molecule has 1 aliphatic heterocycles. The zero-order valence-electron chi connectivity index (χ0n) is 20.0. The summed E-state index contributed by atoms with van der Waals surface area (Å²) < 4.78 is 46.7. The van der Waals surface area contributed by atoms with Gasteiger partial charge >= 0.3 is 6.18 Å². The molecule has 0 bridgehead atoms. The highest BCUT2D eigenvalue weighted by molar-refractivity contribution is 6.07. The molecule has 1 aliphatic rings. The van der Waals surface area contributed by atoms with Crippen LogP contribution in [0.15, 0.2) is 67.0 Å². The van der Waals surface area contributed by atoms with E-state index in [4.69, 9.17) is 4.74 Å². The molecule has 0 saturated carbocycles. The number of pyridine rings is 1. The molecule has 10 heteroatoms. The van der Waals surface area contributed by atoms with Gasteiger partial charge in [0.25, 0.3) is 5.91 Å². The first-order valence-corrected chi connectivity index (χ1v) is 11.6. The number of hydrogen-bond donors (Lipinski definition) is 2. The van der Waals surface area contributed by atoms with Crippen LogP contribution in [-0.4, -0.2) is 43.1 Å². The predicted molar refractivity (Wildman–Crippen MR) is 136 cm³/mol. The number of carbonyl (C=O) groups excluding carboxylic acids is 2. The summed E-state index contributed by atoms with van der Waals surface area (Å²) >= 11 is 0. The fourth-order valence-electron chi connectivity index (χ4n) is 3.84. The number of benzene rings is 2. The molecule has 192 valence electrons. The van der Waals surface area contributed by atoms with E-state index in [1.54, 1.807) is 54.6 Å². The maximum atomic E-state index is 13.8. The van der Waals surface area contributed by atoms with Gasteiger partial charge in [-0.3, -0.25) is 14.6 Å².